The van der Waals surface area contributed by atoms with Gasteiger partial charge >= 0.3 is 0 Å². The monoisotopic (exact) mass is 239 g/mol. The highest BCUT2D eigenvalue weighted by Gasteiger charge is 2.08. The van der Waals surface area contributed by atoms with Crippen molar-refractivity contribution in [2.75, 3.05) is 11.9 Å². The molecule has 5 nitrogen and oxygen atoms in total. The highest BCUT2D eigenvalue weighted by Crippen LogP contribution is 2.12. The summed E-state index contributed by atoms with van der Waals surface area (Å²) in [6.45, 7) is 0.497. The van der Waals surface area contributed by atoms with Crippen molar-refractivity contribution in [1.29, 1.82) is 5.26 Å². The van der Waals surface area contributed by atoms with Gasteiger partial charge in [0.1, 0.15) is 6.07 Å². The molecular weight excluding hydrogens is 226 g/mol. The van der Waals surface area contributed by atoms with Crippen molar-refractivity contribution in [1.82, 2.24) is 9.97 Å². The molecule has 0 fully saturated rings. The van der Waals surface area contributed by atoms with E-state index < -0.39 is 0 Å². The standard InChI is InChI=1S/C13H13N5/c14-8-12-13(17-7-6-16-12)18-9-11(15)10-4-2-1-3-5-10/h1-7,11H,9,15H2,(H,17,18). The maximum atomic E-state index is 8.88. The molecule has 0 aliphatic carbocycles. The normalized spacial score (nSPS) is 11.6. The number of benzene rings is 1. The summed E-state index contributed by atoms with van der Waals surface area (Å²) in [5, 5.41) is 11.9. The van der Waals surface area contributed by atoms with Crippen molar-refractivity contribution in [3.8, 4) is 6.07 Å². The fraction of sp³-hybridized carbons (Fsp3) is 0.154. The van der Waals surface area contributed by atoms with Gasteiger partial charge in [-0.3, -0.25) is 0 Å². The summed E-state index contributed by atoms with van der Waals surface area (Å²) >= 11 is 0. The van der Waals surface area contributed by atoms with Crippen molar-refractivity contribution >= 4 is 5.82 Å². The lowest BCUT2D eigenvalue weighted by atomic mass is 10.1. The molecule has 0 radical (unpaired) electrons. The number of hydrogen-bond donors (Lipinski definition) is 2. The SMILES string of the molecule is N#Cc1nccnc1NCC(N)c1ccccc1. The van der Waals surface area contributed by atoms with E-state index in [-0.39, 0.29) is 11.7 Å². The van der Waals surface area contributed by atoms with E-state index in [1.165, 1.54) is 12.4 Å². The van der Waals surface area contributed by atoms with Gasteiger partial charge in [0, 0.05) is 25.0 Å². The molecule has 2 aromatic rings. The molecule has 0 spiro atoms. The second kappa shape index (κ2) is 5.75. The molecule has 5 heteroatoms. The minimum Gasteiger partial charge on any atom is -0.366 e. The summed E-state index contributed by atoms with van der Waals surface area (Å²) in [7, 11) is 0. The summed E-state index contributed by atoms with van der Waals surface area (Å²) in [5.41, 5.74) is 7.35. The van der Waals surface area contributed by atoms with Gasteiger partial charge in [0.05, 0.1) is 0 Å². The summed E-state index contributed by atoms with van der Waals surface area (Å²) < 4.78 is 0. The number of rotatable bonds is 4. The molecule has 1 heterocycles. The predicted molar refractivity (Wildman–Crippen MR) is 68.6 cm³/mol. The van der Waals surface area contributed by atoms with Gasteiger partial charge in [-0.1, -0.05) is 30.3 Å². The van der Waals surface area contributed by atoms with Crippen molar-refractivity contribution in [2.45, 2.75) is 6.04 Å². The van der Waals surface area contributed by atoms with Gasteiger partial charge < -0.3 is 11.1 Å². The molecule has 0 aliphatic rings. The molecule has 0 amide bonds. The number of nitriles is 1. The predicted octanol–water partition coefficient (Wildman–Crippen LogP) is 1.46. The quantitative estimate of drug-likeness (QED) is 0.843. The van der Waals surface area contributed by atoms with E-state index >= 15 is 0 Å². The van der Waals surface area contributed by atoms with Gasteiger partial charge in [-0.25, -0.2) is 9.97 Å². The van der Waals surface area contributed by atoms with E-state index in [0.29, 0.717) is 12.4 Å². The number of anilines is 1. The maximum absolute atomic E-state index is 8.88. The van der Waals surface area contributed by atoms with Crippen LogP contribution in [0.25, 0.3) is 0 Å². The molecule has 1 aromatic heterocycles. The molecule has 1 unspecified atom stereocenters. The molecule has 3 N–H and O–H groups in total. The minimum absolute atomic E-state index is 0.153. The van der Waals surface area contributed by atoms with Crippen LogP contribution < -0.4 is 11.1 Å². The third-order valence-electron chi connectivity index (χ3n) is 2.52. The zero-order valence-electron chi connectivity index (χ0n) is 9.74. The third kappa shape index (κ3) is 2.81. The average molecular weight is 239 g/mol. The number of nitrogens with two attached hydrogens (primary N) is 1. The topological polar surface area (TPSA) is 87.6 Å². The Balaban J connectivity index is 2.02. The molecule has 2 rings (SSSR count). The van der Waals surface area contributed by atoms with Crippen LogP contribution in [0.5, 0.6) is 0 Å². The second-order valence-corrected chi connectivity index (χ2v) is 3.76. The molecule has 1 atom stereocenters. The van der Waals surface area contributed by atoms with Gasteiger partial charge in [-0.15, -0.1) is 0 Å². The largest absolute Gasteiger partial charge is 0.366 e. The molecule has 1 aromatic carbocycles. The molecule has 0 saturated heterocycles. The van der Waals surface area contributed by atoms with Gasteiger partial charge in [-0.05, 0) is 5.56 Å². The molecule has 0 aliphatic heterocycles. The summed E-state index contributed by atoms with van der Waals surface area (Å²) in [4.78, 5) is 7.98. The average Bonchev–Trinajstić information content (AvgIpc) is 2.46. The van der Waals surface area contributed by atoms with Crippen LogP contribution >= 0.6 is 0 Å². The molecular formula is C13H13N5. The van der Waals surface area contributed by atoms with Crippen LogP contribution in [0.2, 0.25) is 0 Å². The Morgan fingerprint density at radius 1 is 1.22 bits per heavy atom. The van der Waals surface area contributed by atoms with E-state index in [1.54, 1.807) is 0 Å². The minimum atomic E-state index is -0.153. The smallest absolute Gasteiger partial charge is 0.182 e. The first-order chi connectivity index (χ1) is 8.81. The van der Waals surface area contributed by atoms with Crippen LogP contribution in [0.1, 0.15) is 17.3 Å². The third-order valence-corrected chi connectivity index (χ3v) is 2.52. The summed E-state index contributed by atoms with van der Waals surface area (Å²) in [6.07, 6.45) is 3.03. The molecule has 90 valence electrons. The van der Waals surface area contributed by atoms with Crippen molar-refractivity contribution in [3.05, 3.63) is 54.0 Å². The summed E-state index contributed by atoms with van der Waals surface area (Å²) in [6, 6.07) is 11.6. The summed E-state index contributed by atoms with van der Waals surface area (Å²) in [5.74, 6) is 0.464. The number of hydrogen-bond acceptors (Lipinski definition) is 5. The Kier molecular flexibility index (Phi) is 3.84. The van der Waals surface area contributed by atoms with Gasteiger partial charge in [0.15, 0.2) is 11.5 Å². The highest BCUT2D eigenvalue weighted by molar-refractivity contribution is 5.46. The van der Waals surface area contributed by atoms with E-state index in [9.17, 15) is 0 Å². The molecule has 0 bridgehead atoms. The Bertz CT molecular complexity index is 547. The molecule has 0 saturated carbocycles. The van der Waals surface area contributed by atoms with E-state index in [2.05, 4.69) is 15.3 Å². The van der Waals surface area contributed by atoms with Crippen molar-refractivity contribution in [2.24, 2.45) is 5.73 Å². The fourth-order valence-electron chi connectivity index (χ4n) is 1.57. The Morgan fingerprint density at radius 3 is 2.67 bits per heavy atom. The number of aromatic nitrogens is 2. The second-order valence-electron chi connectivity index (χ2n) is 3.76. The maximum Gasteiger partial charge on any atom is 0.182 e. The van der Waals surface area contributed by atoms with E-state index in [0.717, 1.165) is 5.56 Å². The van der Waals surface area contributed by atoms with Crippen LogP contribution in [0.4, 0.5) is 5.82 Å². The molecule has 18 heavy (non-hydrogen) atoms. The van der Waals surface area contributed by atoms with Crippen molar-refractivity contribution < 1.29 is 0 Å². The van der Waals surface area contributed by atoms with Crippen LogP contribution in [-0.2, 0) is 0 Å². The first kappa shape index (κ1) is 12.0. The van der Waals surface area contributed by atoms with Gasteiger partial charge in [-0.2, -0.15) is 5.26 Å². The van der Waals surface area contributed by atoms with Crippen LogP contribution in [-0.4, -0.2) is 16.5 Å². The Labute approximate surface area is 105 Å². The lowest BCUT2D eigenvalue weighted by Gasteiger charge is -2.13. The zero-order valence-corrected chi connectivity index (χ0v) is 9.74. The van der Waals surface area contributed by atoms with Crippen LogP contribution in [0, 0.1) is 11.3 Å². The van der Waals surface area contributed by atoms with E-state index in [1.807, 2.05) is 36.4 Å². The zero-order chi connectivity index (χ0) is 12.8. The Morgan fingerprint density at radius 2 is 1.94 bits per heavy atom. The van der Waals surface area contributed by atoms with Crippen LogP contribution in [0.3, 0.4) is 0 Å². The van der Waals surface area contributed by atoms with Crippen molar-refractivity contribution in [3.63, 3.8) is 0 Å². The van der Waals surface area contributed by atoms with Gasteiger partial charge in [0.2, 0.25) is 0 Å². The number of nitrogens with one attached hydrogen (secondary N) is 1. The van der Waals surface area contributed by atoms with Crippen LogP contribution in [0.15, 0.2) is 42.7 Å². The lowest BCUT2D eigenvalue weighted by molar-refractivity contribution is 0.761. The highest BCUT2D eigenvalue weighted by atomic mass is 15.0. The van der Waals surface area contributed by atoms with Gasteiger partial charge in [0.25, 0.3) is 0 Å². The van der Waals surface area contributed by atoms with E-state index in [4.69, 9.17) is 11.0 Å². The fourth-order valence-corrected chi connectivity index (χ4v) is 1.57. The first-order valence-corrected chi connectivity index (χ1v) is 5.57. The first-order valence-electron chi connectivity index (χ1n) is 5.57. The number of nitrogens with zero attached hydrogens (tertiary/aromatic N) is 3. The lowest BCUT2D eigenvalue weighted by Crippen LogP contribution is -2.21. The Hall–Kier alpha value is -2.45.